The van der Waals surface area contributed by atoms with Gasteiger partial charge in [0.05, 0.1) is 5.56 Å². The third kappa shape index (κ3) is 3.37. The topological polar surface area (TPSA) is 48.5 Å². The van der Waals surface area contributed by atoms with Gasteiger partial charge in [-0.1, -0.05) is 18.2 Å². The van der Waals surface area contributed by atoms with Crippen LogP contribution in [0, 0.1) is 0 Å². The third-order valence-electron chi connectivity index (χ3n) is 5.29. The molecule has 3 heterocycles. The van der Waals surface area contributed by atoms with E-state index in [9.17, 15) is 4.79 Å². The lowest BCUT2D eigenvalue weighted by atomic mass is 10.1. The zero-order valence-electron chi connectivity index (χ0n) is 14.6. The van der Waals surface area contributed by atoms with Crippen LogP contribution in [-0.2, 0) is 0 Å². The second kappa shape index (κ2) is 6.84. The Morgan fingerprint density at radius 2 is 1.92 bits per heavy atom. The Kier molecular flexibility index (Phi) is 4.40. The number of amides is 1. The first-order chi connectivity index (χ1) is 12.2. The van der Waals surface area contributed by atoms with Crippen LogP contribution in [0.25, 0.3) is 0 Å². The van der Waals surface area contributed by atoms with E-state index in [2.05, 4.69) is 10.3 Å². The molecule has 5 heteroatoms. The predicted octanol–water partition coefficient (Wildman–Crippen LogP) is 2.82. The van der Waals surface area contributed by atoms with Crippen LogP contribution >= 0.6 is 0 Å². The number of fused-ring (bicyclic) bond motifs is 2. The van der Waals surface area contributed by atoms with Crippen molar-refractivity contribution in [1.82, 2.24) is 15.2 Å². The molecule has 2 aromatic rings. The number of benzene rings is 1. The van der Waals surface area contributed by atoms with Crippen LogP contribution in [0.1, 0.15) is 29.6 Å². The standard InChI is InChI=1S/C20H24N4O/c1-23(18-5-3-2-4-6-18)19-10-7-15(13-21-19)20(25)24-12-11-16-8-9-17(14-24)22-16/h2-7,10,13,16-17,22H,8-9,11-12,14H2,1H3. The van der Waals surface area contributed by atoms with Crippen molar-refractivity contribution >= 4 is 17.4 Å². The maximum Gasteiger partial charge on any atom is 0.255 e. The van der Waals surface area contributed by atoms with Gasteiger partial charge in [0.1, 0.15) is 5.82 Å². The molecule has 2 aliphatic heterocycles. The molecule has 0 spiro atoms. The number of hydrogen-bond acceptors (Lipinski definition) is 4. The zero-order valence-corrected chi connectivity index (χ0v) is 14.6. The van der Waals surface area contributed by atoms with E-state index in [0.29, 0.717) is 17.6 Å². The Morgan fingerprint density at radius 3 is 2.68 bits per heavy atom. The van der Waals surface area contributed by atoms with Crippen LogP contribution in [0.4, 0.5) is 11.5 Å². The van der Waals surface area contributed by atoms with Crippen molar-refractivity contribution in [3.8, 4) is 0 Å². The molecule has 4 rings (SSSR count). The molecule has 2 fully saturated rings. The Balaban J connectivity index is 1.47. The summed E-state index contributed by atoms with van der Waals surface area (Å²) in [5, 5.41) is 3.62. The number of likely N-dealkylation sites (tertiary alicyclic amines) is 1. The van der Waals surface area contributed by atoms with Crippen molar-refractivity contribution in [2.24, 2.45) is 0 Å². The Hall–Kier alpha value is -2.40. The van der Waals surface area contributed by atoms with E-state index in [-0.39, 0.29) is 5.91 Å². The summed E-state index contributed by atoms with van der Waals surface area (Å²) in [4.78, 5) is 21.3. The fraction of sp³-hybridized carbons (Fsp3) is 0.400. The Bertz CT molecular complexity index is 731. The van der Waals surface area contributed by atoms with Crippen LogP contribution in [0.5, 0.6) is 0 Å². The second-order valence-corrected chi connectivity index (χ2v) is 6.98. The van der Waals surface area contributed by atoms with Crippen molar-refractivity contribution in [1.29, 1.82) is 0 Å². The number of anilines is 2. The third-order valence-corrected chi connectivity index (χ3v) is 5.29. The molecule has 0 aliphatic carbocycles. The van der Waals surface area contributed by atoms with Gasteiger partial charge in [-0.15, -0.1) is 0 Å². The van der Waals surface area contributed by atoms with Gasteiger partial charge in [0.2, 0.25) is 0 Å². The molecule has 2 unspecified atom stereocenters. The van der Waals surface area contributed by atoms with Gasteiger partial charge >= 0.3 is 0 Å². The molecule has 0 saturated carbocycles. The molecular formula is C20H24N4O. The number of rotatable bonds is 3. The van der Waals surface area contributed by atoms with E-state index in [4.69, 9.17) is 0 Å². The van der Waals surface area contributed by atoms with Gasteiger partial charge in [-0.3, -0.25) is 4.79 Å². The van der Waals surface area contributed by atoms with E-state index >= 15 is 0 Å². The quantitative estimate of drug-likeness (QED) is 0.936. The summed E-state index contributed by atoms with van der Waals surface area (Å²) in [6.07, 6.45) is 5.17. The van der Waals surface area contributed by atoms with Gasteiger partial charge < -0.3 is 15.1 Å². The molecule has 1 aromatic carbocycles. The van der Waals surface area contributed by atoms with Crippen LogP contribution < -0.4 is 10.2 Å². The fourth-order valence-electron chi connectivity index (χ4n) is 3.80. The molecule has 1 N–H and O–H groups in total. The Labute approximate surface area is 148 Å². The van der Waals surface area contributed by atoms with Crippen molar-refractivity contribution in [3.05, 3.63) is 54.2 Å². The lowest BCUT2D eigenvalue weighted by Gasteiger charge is -2.24. The minimum Gasteiger partial charge on any atom is -0.337 e. The molecular weight excluding hydrogens is 312 g/mol. The van der Waals surface area contributed by atoms with Gasteiger partial charge in [-0.2, -0.15) is 0 Å². The summed E-state index contributed by atoms with van der Waals surface area (Å²) in [6, 6.07) is 14.9. The first kappa shape index (κ1) is 16.1. The Morgan fingerprint density at radius 1 is 1.12 bits per heavy atom. The highest BCUT2D eigenvalue weighted by molar-refractivity contribution is 5.94. The fourth-order valence-corrected chi connectivity index (χ4v) is 3.80. The monoisotopic (exact) mass is 336 g/mol. The second-order valence-electron chi connectivity index (χ2n) is 6.98. The molecule has 25 heavy (non-hydrogen) atoms. The number of aromatic nitrogens is 1. The molecule has 2 bridgehead atoms. The van der Waals surface area contributed by atoms with Gasteiger partial charge in [0, 0.05) is 44.1 Å². The normalized spacial score (nSPS) is 22.5. The smallest absolute Gasteiger partial charge is 0.255 e. The first-order valence-electron chi connectivity index (χ1n) is 9.01. The number of para-hydroxylation sites is 1. The van der Waals surface area contributed by atoms with Crippen LogP contribution in [0.15, 0.2) is 48.7 Å². The molecule has 2 saturated heterocycles. The molecule has 0 radical (unpaired) electrons. The zero-order chi connectivity index (χ0) is 17.2. The van der Waals surface area contributed by atoms with E-state index in [0.717, 1.165) is 31.0 Å². The predicted molar refractivity (Wildman–Crippen MR) is 99.2 cm³/mol. The van der Waals surface area contributed by atoms with E-state index < -0.39 is 0 Å². The maximum atomic E-state index is 12.8. The van der Waals surface area contributed by atoms with Crippen LogP contribution in [0.2, 0.25) is 0 Å². The number of nitrogens with zero attached hydrogens (tertiary/aromatic N) is 3. The van der Waals surface area contributed by atoms with Crippen molar-refractivity contribution < 1.29 is 4.79 Å². The molecule has 2 aliphatic rings. The number of hydrogen-bond donors (Lipinski definition) is 1. The lowest BCUT2D eigenvalue weighted by molar-refractivity contribution is 0.0748. The first-order valence-corrected chi connectivity index (χ1v) is 9.01. The minimum absolute atomic E-state index is 0.0933. The maximum absolute atomic E-state index is 12.8. The van der Waals surface area contributed by atoms with Crippen LogP contribution in [0.3, 0.4) is 0 Å². The summed E-state index contributed by atoms with van der Waals surface area (Å²) in [5.74, 6) is 0.926. The largest absolute Gasteiger partial charge is 0.337 e. The molecule has 2 atom stereocenters. The van der Waals surface area contributed by atoms with Gasteiger partial charge in [0.15, 0.2) is 0 Å². The van der Waals surface area contributed by atoms with Crippen molar-refractivity contribution in [2.45, 2.75) is 31.3 Å². The summed E-state index contributed by atoms with van der Waals surface area (Å²) < 4.78 is 0. The number of pyridine rings is 1. The number of carbonyl (C=O) groups excluding carboxylic acids is 1. The minimum atomic E-state index is 0.0933. The van der Waals surface area contributed by atoms with Gasteiger partial charge in [0.25, 0.3) is 5.91 Å². The van der Waals surface area contributed by atoms with Crippen molar-refractivity contribution in [3.63, 3.8) is 0 Å². The molecule has 1 amide bonds. The van der Waals surface area contributed by atoms with Crippen molar-refractivity contribution in [2.75, 3.05) is 25.0 Å². The average molecular weight is 336 g/mol. The van der Waals surface area contributed by atoms with E-state index in [1.807, 2.05) is 59.3 Å². The molecule has 5 nitrogen and oxygen atoms in total. The number of nitrogens with one attached hydrogen (secondary N) is 1. The summed E-state index contributed by atoms with van der Waals surface area (Å²) in [7, 11) is 1.98. The van der Waals surface area contributed by atoms with E-state index in [1.165, 1.54) is 12.8 Å². The van der Waals surface area contributed by atoms with Crippen LogP contribution in [-0.4, -0.2) is 48.0 Å². The average Bonchev–Trinajstić information content (AvgIpc) is 3.00. The summed E-state index contributed by atoms with van der Waals surface area (Å²) in [6.45, 7) is 1.64. The highest BCUT2D eigenvalue weighted by Gasteiger charge is 2.31. The molecule has 130 valence electrons. The van der Waals surface area contributed by atoms with E-state index in [1.54, 1.807) is 6.20 Å². The SMILES string of the molecule is CN(c1ccccc1)c1ccc(C(=O)N2CCC3CCC(C2)N3)cn1. The highest BCUT2D eigenvalue weighted by atomic mass is 16.2. The lowest BCUT2D eigenvalue weighted by Crippen LogP contribution is -2.39. The van der Waals surface area contributed by atoms with Gasteiger partial charge in [-0.05, 0) is 43.5 Å². The number of carbonyl (C=O) groups is 1. The summed E-state index contributed by atoms with van der Waals surface area (Å²) in [5.41, 5.74) is 1.74. The highest BCUT2D eigenvalue weighted by Crippen LogP contribution is 2.23. The molecule has 1 aromatic heterocycles. The summed E-state index contributed by atoms with van der Waals surface area (Å²) >= 11 is 0. The van der Waals surface area contributed by atoms with Gasteiger partial charge in [-0.25, -0.2) is 4.98 Å².